The van der Waals surface area contributed by atoms with Crippen molar-refractivity contribution in [2.24, 2.45) is 0 Å². The highest BCUT2D eigenvalue weighted by atomic mass is 15.0. The van der Waals surface area contributed by atoms with Gasteiger partial charge in [0.25, 0.3) is 0 Å². The van der Waals surface area contributed by atoms with Gasteiger partial charge in [-0.3, -0.25) is 4.98 Å². The van der Waals surface area contributed by atoms with E-state index in [0.717, 1.165) is 16.9 Å². The predicted octanol–water partition coefficient (Wildman–Crippen LogP) is 10.1. The van der Waals surface area contributed by atoms with Crippen LogP contribution >= 0.6 is 0 Å². The van der Waals surface area contributed by atoms with Crippen molar-refractivity contribution in [1.82, 2.24) is 14.1 Å². The molecule has 0 fully saturated rings. The predicted molar refractivity (Wildman–Crippen MR) is 176 cm³/mol. The molecule has 0 N–H and O–H groups in total. The molecule has 0 bridgehead atoms. The van der Waals surface area contributed by atoms with E-state index in [1.165, 1.54) is 60.1 Å². The van der Waals surface area contributed by atoms with Gasteiger partial charge in [0.1, 0.15) is 0 Å². The highest BCUT2D eigenvalue weighted by molar-refractivity contribution is 6.22. The van der Waals surface area contributed by atoms with Crippen molar-refractivity contribution in [3.05, 3.63) is 152 Å². The summed E-state index contributed by atoms with van der Waals surface area (Å²) >= 11 is 0. The van der Waals surface area contributed by atoms with Crippen molar-refractivity contribution in [3.63, 3.8) is 0 Å². The molecule has 0 unspecified atom stereocenters. The molecule has 0 atom stereocenters. The fourth-order valence-electron chi connectivity index (χ4n) is 6.69. The van der Waals surface area contributed by atoms with Gasteiger partial charge in [-0.25, -0.2) is 0 Å². The van der Waals surface area contributed by atoms with E-state index >= 15 is 0 Å². The molecule has 0 saturated carbocycles. The Morgan fingerprint density at radius 1 is 0.405 bits per heavy atom. The Morgan fingerprint density at radius 3 is 1.83 bits per heavy atom. The summed E-state index contributed by atoms with van der Waals surface area (Å²) in [5, 5.41) is 7.53. The molecule has 0 aliphatic heterocycles. The Bertz CT molecular complexity index is 2430. The summed E-state index contributed by atoms with van der Waals surface area (Å²) in [7, 11) is 0. The minimum absolute atomic E-state index is 0.980. The molecule has 3 heterocycles. The van der Waals surface area contributed by atoms with Gasteiger partial charge in [-0.05, 0) is 66.0 Å². The van der Waals surface area contributed by atoms with Crippen LogP contribution in [0.3, 0.4) is 0 Å². The van der Waals surface area contributed by atoms with Crippen LogP contribution in [0.2, 0.25) is 0 Å². The molecule has 0 aliphatic rings. The average Bonchev–Trinajstić information content (AvgIpc) is 3.57. The zero-order valence-corrected chi connectivity index (χ0v) is 22.8. The molecule has 6 aromatic carbocycles. The Balaban J connectivity index is 1.38. The lowest BCUT2D eigenvalue weighted by molar-refractivity contribution is 1.18. The van der Waals surface area contributed by atoms with Crippen molar-refractivity contribution in [3.8, 4) is 22.6 Å². The maximum Gasteiger partial charge on any atom is 0.0701 e. The van der Waals surface area contributed by atoms with E-state index in [9.17, 15) is 0 Å². The molecule has 196 valence electrons. The zero-order valence-electron chi connectivity index (χ0n) is 22.8. The topological polar surface area (TPSA) is 22.8 Å². The lowest BCUT2D eigenvalue weighted by Gasteiger charge is -2.12. The van der Waals surface area contributed by atoms with Gasteiger partial charge < -0.3 is 9.13 Å². The number of hydrogen-bond acceptors (Lipinski definition) is 1. The molecule has 3 nitrogen and oxygen atoms in total. The van der Waals surface area contributed by atoms with Crippen molar-refractivity contribution >= 4 is 54.4 Å². The fraction of sp³-hybridized carbons (Fsp3) is 0. The SMILES string of the molecule is c1ccc(-n2c3ccccc3c3ccc4cc5c6ccccc6n(-c6ccc(-c7ccccn7)cc6)c5cc4c32)cc1. The van der Waals surface area contributed by atoms with Crippen LogP contribution in [0.4, 0.5) is 0 Å². The van der Waals surface area contributed by atoms with E-state index in [0.29, 0.717) is 0 Å². The van der Waals surface area contributed by atoms with Crippen molar-refractivity contribution in [1.29, 1.82) is 0 Å². The normalized spacial score (nSPS) is 11.8. The van der Waals surface area contributed by atoms with E-state index in [1.807, 2.05) is 18.3 Å². The number of benzene rings is 6. The molecule has 9 aromatic rings. The second-order valence-corrected chi connectivity index (χ2v) is 10.9. The number of para-hydroxylation sites is 3. The largest absolute Gasteiger partial charge is 0.309 e. The van der Waals surface area contributed by atoms with E-state index in [1.54, 1.807) is 0 Å². The van der Waals surface area contributed by atoms with Crippen LogP contribution in [0, 0.1) is 0 Å². The number of nitrogens with zero attached hydrogens (tertiary/aromatic N) is 3. The maximum atomic E-state index is 4.55. The standard InChI is InChI=1S/C39H25N3/c1-2-10-28(11-3-1)42-37-16-7-4-12-30(37)32-22-19-27-24-34-31-13-5-6-15-36(31)41(38(34)25-33(27)39(32)42)29-20-17-26(18-21-29)35-14-8-9-23-40-35/h1-25H. The second-order valence-electron chi connectivity index (χ2n) is 10.9. The molecule has 0 aliphatic carbocycles. The monoisotopic (exact) mass is 535 g/mol. The minimum atomic E-state index is 0.980. The van der Waals surface area contributed by atoms with E-state index < -0.39 is 0 Å². The number of rotatable bonds is 3. The molecule has 3 aromatic heterocycles. The van der Waals surface area contributed by atoms with Crippen LogP contribution in [0.25, 0.3) is 77.0 Å². The number of aromatic nitrogens is 3. The van der Waals surface area contributed by atoms with Crippen LogP contribution in [0.5, 0.6) is 0 Å². The van der Waals surface area contributed by atoms with Gasteiger partial charge in [-0.15, -0.1) is 0 Å². The first kappa shape index (κ1) is 23.1. The van der Waals surface area contributed by atoms with E-state index in [-0.39, 0.29) is 0 Å². The van der Waals surface area contributed by atoms with Crippen LogP contribution in [-0.4, -0.2) is 14.1 Å². The molecular formula is C39H25N3. The van der Waals surface area contributed by atoms with Crippen LogP contribution in [-0.2, 0) is 0 Å². The summed E-state index contributed by atoms with van der Waals surface area (Å²) < 4.78 is 4.83. The summed E-state index contributed by atoms with van der Waals surface area (Å²) in [4.78, 5) is 4.55. The third-order valence-corrected chi connectivity index (χ3v) is 8.54. The quantitative estimate of drug-likeness (QED) is 0.221. The first-order chi connectivity index (χ1) is 20.8. The van der Waals surface area contributed by atoms with Gasteiger partial charge in [0, 0.05) is 50.1 Å². The Kier molecular flexibility index (Phi) is 4.90. The average molecular weight is 536 g/mol. The summed E-state index contributed by atoms with van der Waals surface area (Å²) in [6.07, 6.45) is 1.84. The number of pyridine rings is 1. The van der Waals surface area contributed by atoms with Gasteiger partial charge >= 0.3 is 0 Å². The molecule has 9 rings (SSSR count). The van der Waals surface area contributed by atoms with Crippen LogP contribution in [0.1, 0.15) is 0 Å². The maximum absolute atomic E-state index is 4.55. The number of fused-ring (bicyclic) bond motifs is 8. The summed E-state index contributed by atoms with van der Waals surface area (Å²) in [6.45, 7) is 0. The van der Waals surface area contributed by atoms with E-state index in [2.05, 4.69) is 148 Å². The molecule has 42 heavy (non-hydrogen) atoms. The highest BCUT2D eigenvalue weighted by Crippen LogP contribution is 2.40. The first-order valence-electron chi connectivity index (χ1n) is 14.3. The molecule has 0 radical (unpaired) electrons. The minimum Gasteiger partial charge on any atom is -0.309 e. The lowest BCUT2D eigenvalue weighted by Crippen LogP contribution is -1.95. The van der Waals surface area contributed by atoms with Crippen molar-refractivity contribution < 1.29 is 0 Å². The summed E-state index contributed by atoms with van der Waals surface area (Å²) in [5.41, 5.74) is 9.26. The van der Waals surface area contributed by atoms with Gasteiger partial charge in [-0.2, -0.15) is 0 Å². The van der Waals surface area contributed by atoms with E-state index in [4.69, 9.17) is 0 Å². The molecule has 0 amide bonds. The highest BCUT2D eigenvalue weighted by Gasteiger charge is 2.18. The molecule has 3 heteroatoms. The van der Waals surface area contributed by atoms with Crippen LogP contribution < -0.4 is 0 Å². The Morgan fingerprint density at radius 2 is 1.07 bits per heavy atom. The van der Waals surface area contributed by atoms with Crippen molar-refractivity contribution in [2.45, 2.75) is 0 Å². The second kappa shape index (κ2) is 8.92. The molecular weight excluding hydrogens is 510 g/mol. The van der Waals surface area contributed by atoms with Gasteiger partial charge in [0.05, 0.1) is 27.8 Å². The lowest BCUT2D eigenvalue weighted by atomic mass is 10.0. The Labute approximate surface area is 242 Å². The smallest absolute Gasteiger partial charge is 0.0701 e. The van der Waals surface area contributed by atoms with Crippen LogP contribution in [0.15, 0.2) is 152 Å². The van der Waals surface area contributed by atoms with Gasteiger partial charge in [0.2, 0.25) is 0 Å². The number of hydrogen-bond donors (Lipinski definition) is 0. The molecule has 0 saturated heterocycles. The summed E-state index contributed by atoms with van der Waals surface area (Å²) in [5.74, 6) is 0. The fourth-order valence-corrected chi connectivity index (χ4v) is 6.69. The van der Waals surface area contributed by atoms with Gasteiger partial charge in [0.15, 0.2) is 0 Å². The first-order valence-corrected chi connectivity index (χ1v) is 14.3. The van der Waals surface area contributed by atoms with Gasteiger partial charge in [-0.1, -0.05) is 84.9 Å². The van der Waals surface area contributed by atoms with Crippen molar-refractivity contribution in [2.75, 3.05) is 0 Å². The summed E-state index contributed by atoms with van der Waals surface area (Å²) in [6, 6.07) is 52.3. The molecule has 0 spiro atoms. The third kappa shape index (κ3) is 3.31. The zero-order chi connectivity index (χ0) is 27.6. The Hall–Kier alpha value is -5.67. The third-order valence-electron chi connectivity index (χ3n) is 8.54.